The van der Waals surface area contributed by atoms with E-state index in [4.69, 9.17) is 11.6 Å². The minimum Gasteiger partial charge on any atom is -0.380 e. The first-order chi connectivity index (χ1) is 10.1. The summed E-state index contributed by atoms with van der Waals surface area (Å²) < 4.78 is 13.2. The fraction of sp³-hybridized carbons (Fsp3) is 0.312. The Morgan fingerprint density at radius 2 is 1.95 bits per heavy atom. The van der Waals surface area contributed by atoms with E-state index in [-0.39, 0.29) is 5.82 Å². The molecule has 1 heterocycles. The Bertz CT molecular complexity index is 562. The van der Waals surface area contributed by atoms with Gasteiger partial charge in [-0.05, 0) is 49.7 Å². The van der Waals surface area contributed by atoms with E-state index < -0.39 is 0 Å². The zero-order valence-electron chi connectivity index (χ0n) is 12.2. The predicted molar refractivity (Wildman–Crippen MR) is 86.5 cm³/mol. The first-order valence-electron chi connectivity index (χ1n) is 7.02. The van der Waals surface area contributed by atoms with Crippen LogP contribution in [0.5, 0.6) is 0 Å². The minimum atomic E-state index is -0.325. The summed E-state index contributed by atoms with van der Waals surface area (Å²) in [6.45, 7) is 6.57. The van der Waals surface area contributed by atoms with Crippen LogP contribution in [0.3, 0.4) is 0 Å². The van der Waals surface area contributed by atoms with E-state index in [1.165, 1.54) is 12.1 Å². The van der Waals surface area contributed by atoms with Gasteiger partial charge in [0.05, 0.1) is 11.9 Å². The highest BCUT2D eigenvalue weighted by atomic mass is 35.5. The molecule has 0 bridgehead atoms. The molecule has 0 aliphatic rings. The Balaban J connectivity index is 2.00. The van der Waals surface area contributed by atoms with E-state index in [0.717, 1.165) is 30.2 Å². The van der Waals surface area contributed by atoms with E-state index in [2.05, 4.69) is 29.0 Å². The molecule has 0 aliphatic carbocycles. The van der Waals surface area contributed by atoms with Crippen LogP contribution in [0, 0.1) is 5.82 Å². The second-order valence-corrected chi connectivity index (χ2v) is 5.15. The molecule has 2 aromatic rings. The van der Waals surface area contributed by atoms with Gasteiger partial charge in [-0.2, -0.15) is 0 Å². The van der Waals surface area contributed by atoms with Gasteiger partial charge in [-0.1, -0.05) is 11.6 Å². The fourth-order valence-corrected chi connectivity index (χ4v) is 2.39. The van der Waals surface area contributed by atoms with Crippen molar-refractivity contribution >= 4 is 23.1 Å². The summed E-state index contributed by atoms with van der Waals surface area (Å²) in [6.07, 6.45) is 1.79. The molecular formula is C16H19ClFN3. The van der Waals surface area contributed by atoms with Crippen LogP contribution < -0.4 is 10.2 Å². The standard InChI is InChI=1S/C16H19ClFN3/c1-3-21(4-2)16-6-5-15(11-20-16)19-10-12-7-13(17)9-14(18)8-12/h5-9,11,19H,3-4,10H2,1-2H3. The molecule has 1 N–H and O–H groups in total. The summed E-state index contributed by atoms with van der Waals surface area (Å²) in [7, 11) is 0. The summed E-state index contributed by atoms with van der Waals surface area (Å²) >= 11 is 5.83. The van der Waals surface area contributed by atoms with Crippen molar-refractivity contribution in [1.29, 1.82) is 0 Å². The molecule has 0 unspecified atom stereocenters. The van der Waals surface area contributed by atoms with E-state index in [1.807, 2.05) is 12.1 Å². The van der Waals surface area contributed by atoms with Crippen molar-refractivity contribution in [2.75, 3.05) is 23.3 Å². The third-order valence-electron chi connectivity index (χ3n) is 3.25. The Morgan fingerprint density at radius 3 is 2.52 bits per heavy atom. The van der Waals surface area contributed by atoms with Crippen molar-refractivity contribution in [2.45, 2.75) is 20.4 Å². The van der Waals surface area contributed by atoms with Crippen LogP contribution in [-0.4, -0.2) is 18.1 Å². The molecule has 0 radical (unpaired) electrons. The highest BCUT2D eigenvalue weighted by molar-refractivity contribution is 6.30. The van der Waals surface area contributed by atoms with Gasteiger partial charge in [0.15, 0.2) is 0 Å². The molecule has 0 aliphatic heterocycles. The molecule has 0 saturated carbocycles. The Morgan fingerprint density at radius 1 is 1.19 bits per heavy atom. The summed E-state index contributed by atoms with van der Waals surface area (Å²) in [5.41, 5.74) is 1.69. The van der Waals surface area contributed by atoms with E-state index in [0.29, 0.717) is 11.6 Å². The third kappa shape index (κ3) is 4.33. The monoisotopic (exact) mass is 307 g/mol. The molecule has 3 nitrogen and oxygen atoms in total. The molecule has 1 aromatic heterocycles. The number of hydrogen-bond acceptors (Lipinski definition) is 3. The normalized spacial score (nSPS) is 10.5. The number of nitrogens with zero attached hydrogens (tertiary/aromatic N) is 2. The summed E-state index contributed by atoms with van der Waals surface area (Å²) in [6, 6.07) is 8.47. The number of aromatic nitrogens is 1. The molecular weight excluding hydrogens is 289 g/mol. The maximum Gasteiger partial charge on any atom is 0.128 e. The van der Waals surface area contributed by atoms with E-state index in [1.54, 1.807) is 12.3 Å². The second kappa shape index (κ2) is 7.27. The number of rotatable bonds is 6. The van der Waals surface area contributed by atoms with Gasteiger partial charge in [-0.3, -0.25) is 0 Å². The lowest BCUT2D eigenvalue weighted by atomic mass is 10.2. The SMILES string of the molecule is CCN(CC)c1ccc(NCc2cc(F)cc(Cl)c2)cn1. The van der Waals surface area contributed by atoms with Crippen LogP contribution in [0.15, 0.2) is 36.5 Å². The number of hydrogen-bond donors (Lipinski definition) is 1. The molecule has 21 heavy (non-hydrogen) atoms. The van der Waals surface area contributed by atoms with Gasteiger partial charge < -0.3 is 10.2 Å². The first-order valence-corrected chi connectivity index (χ1v) is 7.40. The quantitative estimate of drug-likeness (QED) is 0.861. The lowest BCUT2D eigenvalue weighted by Crippen LogP contribution is -2.22. The predicted octanol–water partition coefficient (Wildman–Crippen LogP) is 4.33. The zero-order chi connectivity index (χ0) is 15.2. The summed E-state index contributed by atoms with van der Waals surface area (Å²) in [5, 5.41) is 3.62. The van der Waals surface area contributed by atoms with Crippen LogP contribution in [0.2, 0.25) is 5.02 Å². The van der Waals surface area contributed by atoms with Crippen LogP contribution >= 0.6 is 11.6 Å². The van der Waals surface area contributed by atoms with Crippen molar-refractivity contribution in [1.82, 2.24) is 4.98 Å². The third-order valence-corrected chi connectivity index (χ3v) is 3.47. The maximum absolute atomic E-state index is 13.2. The Hall–Kier alpha value is -1.81. The zero-order valence-corrected chi connectivity index (χ0v) is 13.0. The largest absolute Gasteiger partial charge is 0.380 e. The highest BCUT2D eigenvalue weighted by Gasteiger charge is 2.03. The molecule has 0 amide bonds. The van der Waals surface area contributed by atoms with Gasteiger partial charge in [0.25, 0.3) is 0 Å². The van der Waals surface area contributed by atoms with Crippen LogP contribution in [-0.2, 0) is 6.54 Å². The smallest absolute Gasteiger partial charge is 0.128 e. The lowest BCUT2D eigenvalue weighted by Gasteiger charge is -2.19. The van der Waals surface area contributed by atoms with Crippen LogP contribution in [0.4, 0.5) is 15.9 Å². The maximum atomic E-state index is 13.2. The average Bonchev–Trinajstić information content (AvgIpc) is 2.47. The number of benzene rings is 1. The van der Waals surface area contributed by atoms with Crippen molar-refractivity contribution < 1.29 is 4.39 Å². The number of halogens is 2. The van der Waals surface area contributed by atoms with Crippen molar-refractivity contribution in [3.63, 3.8) is 0 Å². The van der Waals surface area contributed by atoms with Gasteiger partial charge in [0, 0.05) is 24.7 Å². The molecule has 0 fully saturated rings. The average molecular weight is 308 g/mol. The molecule has 1 aromatic carbocycles. The summed E-state index contributed by atoms with van der Waals surface area (Å²) in [4.78, 5) is 6.61. The topological polar surface area (TPSA) is 28.2 Å². The number of anilines is 2. The van der Waals surface area contributed by atoms with Crippen molar-refractivity contribution in [3.05, 3.63) is 52.9 Å². The molecule has 0 spiro atoms. The molecule has 2 rings (SSSR count). The fourth-order valence-electron chi connectivity index (χ4n) is 2.14. The summed E-state index contributed by atoms with van der Waals surface area (Å²) in [5.74, 6) is 0.633. The number of pyridine rings is 1. The van der Waals surface area contributed by atoms with E-state index in [9.17, 15) is 4.39 Å². The van der Waals surface area contributed by atoms with Crippen LogP contribution in [0.25, 0.3) is 0 Å². The first kappa shape index (κ1) is 15.6. The highest BCUT2D eigenvalue weighted by Crippen LogP contribution is 2.17. The van der Waals surface area contributed by atoms with Gasteiger partial charge in [-0.25, -0.2) is 9.37 Å². The van der Waals surface area contributed by atoms with Crippen LogP contribution in [0.1, 0.15) is 19.4 Å². The second-order valence-electron chi connectivity index (χ2n) is 4.71. The molecule has 112 valence electrons. The lowest BCUT2D eigenvalue weighted by molar-refractivity contribution is 0.626. The Labute approximate surface area is 129 Å². The van der Waals surface area contributed by atoms with Gasteiger partial charge in [0.2, 0.25) is 0 Å². The van der Waals surface area contributed by atoms with Crippen molar-refractivity contribution in [2.24, 2.45) is 0 Å². The van der Waals surface area contributed by atoms with Gasteiger partial charge in [-0.15, -0.1) is 0 Å². The minimum absolute atomic E-state index is 0.325. The van der Waals surface area contributed by atoms with E-state index >= 15 is 0 Å². The van der Waals surface area contributed by atoms with Crippen molar-refractivity contribution in [3.8, 4) is 0 Å². The Kier molecular flexibility index (Phi) is 5.39. The van der Waals surface area contributed by atoms with Gasteiger partial charge in [0.1, 0.15) is 11.6 Å². The molecule has 0 atom stereocenters. The van der Waals surface area contributed by atoms with Gasteiger partial charge >= 0.3 is 0 Å². The molecule has 0 saturated heterocycles. The number of nitrogens with one attached hydrogen (secondary N) is 1. The molecule has 5 heteroatoms.